The van der Waals surface area contributed by atoms with Crippen LogP contribution in [0.15, 0.2) is 11.6 Å². The van der Waals surface area contributed by atoms with Gasteiger partial charge in [0.25, 0.3) is 0 Å². The van der Waals surface area contributed by atoms with Gasteiger partial charge in [-0.25, -0.2) is 4.79 Å². The van der Waals surface area contributed by atoms with Crippen molar-refractivity contribution in [3.8, 4) is 0 Å². The van der Waals surface area contributed by atoms with Gasteiger partial charge in [-0.3, -0.25) is 9.59 Å². The van der Waals surface area contributed by atoms with Crippen LogP contribution in [0.2, 0.25) is 0 Å². The zero-order valence-electron chi connectivity index (χ0n) is 27.4. The van der Waals surface area contributed by atoms with Crippen molar-refractivity contribution < 1.29 is 53.0 Å². The molecule has 0 aromatic heterocycles. The lowest BCUT2D eigenvalue weighted by atomic mass is 9.43. The fourth-order valence-electron chi connectivity index (χ4n) is 10.7. The molecule has 6 aliphatic rings. The van der Waals surface area contributed by atoms with Crippen LogP contribution < -0.4 is 0 Å². The smallest absolute Gasteiger partial charge is 0.331 e. The molecular formula is C34H50O11. The third-order valence-electron chi connectivity index (χ3n) is 12.9. The molecule has 252 valence electrons. The molecule has 4 aliphatic carbocycles. The molecule has 0 aromatic carbocycles. The van der Waals surface area contributed by atoms with Gasteiger partial charge in [-0.1, -0.05) is 13.8 Å². The van der Waals surface area contributed by atoms with Gasteiger partial charge >= 0.3 is 17.9 Å². The maximum Gasteiger partial charge on any atom is 0.331 e. The Hall–Kier alpha value is -2.05. The molecule has 0 unspecified atom stereocenters. The Morgan fingerprint density at radius 2 is 1.73 bits per heavy atom. The molecule has 6 rings (SSSR count). The van der Waals surface area contributed by atoms with Crippen molar-refractivity contribution in [2.24, 2.45) is 34.5 Å². The molecule has 1 saturated heterocycles. The normalized spacial score (nSPS) is 49.2. The number of cyclic esters (lactones) is 1. The number of hydrogen-bond donors (Lipinski definition) is 2. The number of esters is 3. The Morgan fingerprint density at radius 3 is 2.38 bits per heavy atom. The number of carbonyl (C=O) groups is 3. The summed E-state index contributed by atoms with van der Waals surface area (Å²) in [6.07, 6.45) is 3.26. The SMILES string of the molecule is CO[C@H]1[C@H](O)[C@@H](C)O[C@@H](O[C@H]2CC[C@@]3(C)[C@H](CC[C@@H]4[C@H]3CC[C@]3(C)[C@@H](C5=CC(=O)OC5)[C@@H](OC(C)=O)C[C@]43O)C2)[C@@H]1OC(C)=O. The summed E-state index contributed by atoms with van der Waals surface area (Å²) in [5.74, 6) is -0.838. The van der Waals surface area contributed by atoms with Crippen molar-refractivity contribution >= 4 is 17.9 Å². The molecule has 4 saturated carbocycles. The molecule has 45 heavy (non-hydrogen) atoms. The van der Waals surface area contributed by atoms with Crippen molar-refractivity contribution in [2.75, 3.05) is 13.7 Å². The molecule has 5 fully saturated rings. The first-order valence-electron chi connectivity index (χ1n) is 16.7. The number of aliphatic hydroxyl groups is 2. The van der Waals surface area contributed by atoms with Crippen LogP contribution >= 0.6 is 0 Å². The average Bonchev–Trinajstić information content (AvgIpc) is 3.48. The number of hydrogen-bond acceptors (Lipinski definition) is 11. The van der Waals surface area contributed by atoms with Gasteiger partial charge in [0, 0.05) is 44.8 Å². The molecule has 0 bridgehead atoms. The Bertz CT molecular complexity index is 1220. The van der Waals surface area contributed by atoms with E-state index in [1.54, 1.807) is 6.92 Å². The van der Waals surface area contributed by atoms with E-state index in [0.717, 1.165) is 50.5 Å². The van der Waals surface area contributed by atoms with Crippen LogP contribution in [-0.2, 0) is 42.8 Å². The minimum Gasteiger partial charge on any atom is -0.462 e. The lowest BCUT2D eigenvalue weighted by molar-refractivity contribution is -0.315. The average molecular weight is 635 g/mol. The standard InChI is InChI=1S/C34H50O11/c1-17-28(38)29(40-6)30(44-19(3)36)31(42-17)45-22-9-11-32(4)21(14-22)7-8-24-23(32)10-12-33(5)27(20-13-26(37)41-16-20)25(43-18(2)35)15-34(24,33)39/h13,17,21-25,27-31,38-39H,7-12,14-16H2,1-6H3/t17-,21-,22+,23-,24-,25+,27+,28-,29+,30-,31+,32+,33-,34+/m1/s1. The minimum atomic E-state index is -1.05. The van der Waals surface area contributed by atoms with Gasteiger partial charge in [0.15, 0.2) is 12.4 Å². The topological polar surface area (TPSA) is 147 Å². The molecule has 2 heterocycles. The van der Waals surface area contributed by atoms with Crippen LogP contribution in [0.1, 0.15) is 86.0 Å². The zero-order valence-corrected chi connectivity index (χ0v) is 27.4. The second-order valence-corrected chi connectivity index (χ2v) is 15.0. The number of carbonyl (C=O) groups excluding carboxylic acids is 3. The van der Waals surface area contributed by atoms with E-state index in [2.05, 4.69) is 13.8 Å². The number of aliphatic hydroxyl groups excluding tert-OH is 1. The quantitative estimate of drug-likeness (QED) is 0.252. The van der Waals surface area contributed by atoms with Crippen LogP contribution in [-0.4, -0.2) is 90.4 Å². The van der Waals surface area contributed by atoms with Gasteiger partial charge in [-0.15, -0.1) is 0 Å². The summed E-state index contributed by atoms with van der Waals surface area (Å²) in [5, 5.41) is 23.4. The second kappa shape index (κ2) is 11.9. The van der Waals surface area contributed by atoms with E-state index in [0.29, 0.717) is 12.3 Å². The number of ether oxygens (including phenoxy) is 6. The maximum atomic E-state index is 12.8. The molecule has 0 spiro atoms. The van der Waals surface area contributed by atoms with Crippen molar-refractivity contribution in [3.63, 3.8) is 0 Å². The molecule has 0 amide bonds. The van der Waals surface area contributed by atoms with E-state index >= 15 is 0 Å². The third-order valence-corrected chi connectivity index (χ3v) is 12.9. The highest BCUT2D eigenvalue weighted by molar-refractivity contribution is 5.85. The number of rotatable bonds is 6. The first kappa shape index (κ1) is 32.9. The Kier molecular flexibility index (Phi) is 8.68. The lowest BCUT2D eigenvalue weighted by Gasteiger charge is -2.63. The summed E-state index contributed by atoms with van der Waals surface area (Å²) in [5.41, 5.74) is -0.800. The predicted molar refractivity (Wildman–Crippen MR) is 158 cm³/mol. The molecule has 2 N–H and O–H groups in total. The third kappa shape index (κ3) is 5.34. The molecule has 0 aromatic rings. The van der Waals surface area contributed by atoms with Crippen LogP contribution in [0.3, 0.4) is 0 Å². The summed E-state index contributed by atoms with van der Waals surface area (Å²) in [6.45, 7) is 9.14. The van der Waals surface area contributed by atoms with Crippen LogP contribution in [0.5, 0.6) is 0 Å². The van der Waals surface area contributed by atoms with Crippen molar-refractivity contribution in [1.29, 1.82) is 0 Å². The van der Waals surface area contributed by atoms with E-state index < -0.39 is 53.8 Å². The lowest BCUT2D eigenvalue weighted by Crippen LogP contribution is -2.63. The second-order valence-electron chi connectivity index (χ2n) is 15.0. The van der Waals surface area contributed by atoms with Gasteiger partial charge in [-0.05, 0) is 80.6 Å². The summed E-state index contributed by atoms with van der Waals surface area (Å²) < 4.78 is 34.8. The van der Waals surface area contributed by atoms with E-state index in [1.165, 1.54) is 27.0 Å². The first-order valence-corrected chi connectivity index (χ1v) is 16.7. The summed E-state index contributed by atoms with van der Waals surface area (Å²) in [6, 6.07) is 0. The molecule has 2 aliphatic heterocycles. The summed E-state index contributed by atoms with van der Waals surface area (Å²) in [7, 11) is 1.48. The van der Waals surface area contributed by atoms with Crippen LogP contribution in [0.4, 0.5) is 0 Å². The Balaban J connectivity index is 1.20. The zero-order chi connectivity index (χ0) is 32.5. The van der Waals surface area contributed by atoms with E-state index in [1.807, 2.05) is 0 Å². The molecular weight excluding hydrogens is 584 g/mol. The first-order chi connectivity index (χ1) is 21.2. The van der Waals surface area contributed by atoms with Crippen molar-refractivity contribution in [1.82, 2.24) is 0 Å². The fraction of sp³-hybridized carbons (Fsp3) is 0.853. The molecule has 11 heteroatoms. The van der Waals surface area contributed by atoms with E-state index in [9.17, 15) is 24.6 Å². The summed E-state index contributed by atoms with van der Waals surface area (Å²) >= 11 is 0. The van der Waals surface area contributed by atoms with Crippen molar-refractivity contribution in [3.05, 3.63) is 11.6 Å². The highest BCUT2D eigenvalue weighted by Crippen LogP contribution is 2.70. The predicted octanol–water partition coefficient (Wildman–Crippen LogP) is 3.22. The van der Waals surface area contributed by atoms with E-state index in [-0.39, 0.29) is 47.8 Å². The van der Waals surface area contributed by atoms with Gasteiger partial charge in [-0.2, -0.15) is 0 Å². The molecule has 14 atom stereocenters. The van der Waals surface area contributed by atoms with Crippen molar-refractivity contribution in [2.45, 2.75) is 135 Å². The molecule has 0 radical (unpaired) electrons. The van der Waals surface area contributed by atoms with Gasteiger partial charge in [0.1, 0.15) is 24.9 Å². The minimum absolute atomic E-state index is 0.0121. The highest BCUT2D eigenvalue weighted by Gasteiger charge is 2.71. The Labute approximate surface area is 265 Å². The van der Waals surface area contributed by atoms with Gasteiger partial charge in [0.2, 0.25) is 0 Å². The fourth-order valence-corrected chi connectivity index (χ4v) is 10.7. The highest BCUT2D eigenvalue weighted by atomic mass is 16.7. The van der Waals surface area contributed by atoms with Gasteiger partial charge < -0.3 is 38.6 Å². The number of methoxy groups -OCH3 is 1. The molecule has 11 nitrogen and oxygen atoms in total. The van der Waals surface area contributed by atoms with Gasteiger partial charge in [0.05, 0.1) is 17.8 Å². The van der Waals surface area contributed by atoms with Crippen LogP contribution in [0, 0.1) is 34.5 Å². The van der Waals surface area contributed by atoms with Crippen LogP contribution in [0.25, 0.3) is 0 Å². The largest absolute Gasteiger partial charge is 0.462 e. The Morgan fingerprint density at radius 1 is 1.00 bits per heavy atom. The maximum absolute atomic E-state index is 12.8. The summed E-state index contributed by atoms with van der Waals surface area (Å²) in [4.78, 5) is 36.2. The van der Waals surface area contributed by atoms with E-state index in [4.69, 9.17) is 28.4 Å². The monoisotopic (exact) mass is 634 g/mol. The number of fused-ring (bicyclic) bond motifs is 5.